The van der Waals surface area contributed by atoms with Crippen LogP contribution < -0.4 is 19.7 Å². The van der Waals surface area contributed by atoms with Crippen molar-refractivity contribution in [2.45, 2.75) is 37.7 Å². The highest BCUT2D eigenvalue weighted by atomic mass is 16.5. The summed E-state index contributed by atoms with van der Waals surface area (Å²) >= 11 is 0. The number of anilines is 1. The summed E-state index contributed by atoms with van der Waals surface area (Å²) in [5.41, 5.74) is 6.38. The van der Waals surface area contributed by atoms with Gasteiger partial charge in [0.2, 0.25) is 5.88 Å². The van der Waals surface area contributed by atoms with Gasteiger partial charge in [-0.1, -0.05) is 6.07 Å². The fraction of sp³-hybridized carbons (Fsp3) is 0.419. The number of piperazine rings is 1. The minimum atomic E-state index is 0.0353. The van der Waals surface area contributed by atoms with E-state index in [-0.39, 0.29) is 6.10 Å². The largest absolute Gasteiger partial charge is 0.489 e. The smallest absolute Gasteiger partial charge is 0.212 e. The summed E-state index contributed by atoms with van der Waals surface area (Å²) in [4.78, 5) is 18.8. The molecule has 11 nitrogen and oxygen atoms in total. The van der Waals surface area contributed by atoms with Crippen LogP contribution >= 0.6 is 0 Å². The quantitative estimate of drug-likeness (QED) is 0.345. The Kier molecular flexibility index (Phi) is 6.50. The lowest BCUT2D eigenvalue weighted by molar-refractivity contribution is -0.00876. The number of fused-ring (bicyclic) bond motifs is 5. The number of pyridine rings is 3. The van der Waals surface area contributed by atoms with Gasteiger partial charge in [-0.2, -0.15) is 5.10 Å². The summed E-state index contributed by atoms with van der Waals surface area (Å²) in [7, 11) is 1.65. The molecule has 3 atom stereocenters. The molecule has 1 N–H and O–H groups in total. The Bertz CT molecular complexity index is 1600. The van der Waals surface area contributed by atoms with Crippen LogP contribution in [0.2, 0.25) is 0 Å². The molecule has 0 aromatic carbocycles. The number of hydrogen-bond donors (Lipinski definition) is 1. The first-order valence-electron chi connectivity index (χ1n) is 14.7. The Morgan fingerprint density at radius 1 is 1.10 bits per heavy atom. The van der Waals surface area contributed by atoms with E-state index in [4.69, 9.17) is 24.3 Å². The van der Waals surface area contributed by atoms with Gasteiger partial charge in [0.15, 0.2) is 0 Å². The van der Waals surface area contributed by atoms with Crippen LogP contribution in [-0.2, 0) is 17.8 Å². The molecule has 216 valence electrons. The topological polar surface area (TPSA) is 102 Å². The molecule has 4 aromatic heterocycles. The molecule has 0 saturated carbocycles. The van der Waals surface area contributed by atoms with Gasteiger partial charge in [-0.05, 0) is 30.2 Å². The highest BCUT2D eigenvalue weighted by molar-refractivity contribution is 5.99. The van der Waals surface area contributed by atoms with Crippen LogP contribution in [0.15, 0.2) is 53.9 Å². The molecule has 0 spiro atoms. The van der Waals surface area contributed by atoms with Crippen molar-refractivity contribution in [3.63, 3.8) is 0 Å². The number of morpholine rings is 1. The average molecular weight is 567 g/mol. The first-order valence-corrected chi connectivity index (χ1v) is 14.7. The molecule has 5 aliphatic rings. The van der Waals surface area contributed by atoms with Gasteiger partial charge in [-0.15, -0.1) is 0 Å². The number of hydrogen-bond acceptors (Lipinski definition) is 10. The number of methoxy groups -OCH3 is 1. The maximum atomic E-state index is 6.21. The molecule has 9 rings (SSSR count). The third-order valence-electron chi connectivity index (χ3n) is 8.82. The predicted molar refractivity (Wildman–Crippen MR) is 159 cm³/mol. The lowest BCUT2D eigenvalue weighted by atomic mass is 9.87. The number of rotatable bonds is 8. The van der Waals surface area contributed by atoms with Crippen molar-refractivity contribution < 1.29 is 14.2 Å². The Balaban J connectivity index is 1.00. The molecule has 4 aromatic rings. The Morgan fingerprint density at radius 3 is 2.79 bits per heavy atom. The van der Waals surface area contributed by atoms with Crippen molar-refractivity contribution in [3.05, 3.63) is 65.7 Å². The van der Waals surface area contributed by atoms with Crippen LogP contribution in [0.1, 0.15) is 23.2 Å². The summed E-state index contributed by atoms with van der Waals surface area (Å²) in [6, 6.07) is 11.5. The van der Waals surface area contributed by atoms with Crippen LogP contribution in [0, 0.1) is 0 Å². The summed E-state index contributed by atoms with van der Waals surface area (Å²) in [6.45, 7) is 6.35. The third kappa shape index (κ3) is 4.67. The summed E-state index contributed by atoms with van der Waals surface area (Å²) < 4.78 is 19.2. The van der Waals surface area contributed by atoms with E-state index in [9.17, 15) is 0 Å². The lowest BCUT2D eigenvalue weighted by Crippen LogP contribution is -2.68. The van der Waals surface area contributed by atoms with Gasteiger partial charge in [0.05, 0.1) is 37.7 Å². The minimum absolute atomic E-state index is 0.0353. The van der Waals surface area contributed by atoms with Crippen LogP contribution in [0.25, 0.3) is 16.6 Å². The van der Waals surface area contributed by atoms with Crippen LogP contribution in [0.4, 0.5) is 5.82 Å². The first-order chi connectivity index (χ1) is 20.7. The highest BCUT2D eigenvalue weighted by Crippen LogP contribution is 2.37. The fourth-order valence-electron chi connectivity index (χ4n) is 6.62. The zero-order valence-corrected chi connectivity index (χ0v) is 23.6. The van der Waals surface area contributed by atoms with Gasteiger partial charge in [0.1, 0.15) is 24.3 Å². The van der Waals surface area contributed by atoms with E-state index in [1.54, 1.807) is 7.11 Å². The number of aliphatic imine (C=N–C) groups is 1. The zero-order chi connectivity index (χ0) is 28.0. The van der Waals surface area contributed by atoms with E-state index in [0.717, 1.165) is 72.2 Å². The van der Waals surface area contributed by atoms with Gasteiger partial charge < -0.3 is 24.4 Å². The molecular weight excluding hydrogens is 532 g/mol. The normalized spacial score (nSPS) is 23.2. The fourth-order valence-corrected chi connectivity index (χ4v) is 6.62. The highest BCUT2D eigenvalue weighted by Gasteiger charge is 2.44. The van der Waals surface area contributed by atoms with E-state index in [0.29, 0.717) is 37.7 Å². The van der Waals surface area contributed by atoms with Crippen molar-refractivity contribution >= 4 is 17.5 Å². The molecule has 2 unspecified atom stereocenters. The molecule has 0 amide bonds. The number of nitrogens with one attached hydrogen (secondary N) is 1. The maximum Gasteiger partial charge on any atom is 0.212 e. The molecule has 9 heterocycles. The molecule has 2 bridgehead atoms. The number of ether oxygens (including phenoxy) is 3. The van der Waals surface area contributed by atoms with E-state index in [2.05, 4.69) is 49.4 Å². The summed E-state index contributed by atoms with van der Waals surface area (Å²) in [5.74, 6) is 2.43. The van der Waals surface area contributed by atoms with Gasteiger partial charge >= 0.3 is 0 Å². The van der Waals surface area contributed by atoms with E-state index in [1.807, 2.05) is 35.4 Å². The van der Waals surface area contributed by atoms with Gasteiger partial charge in [0.25, 0.3) is 0 Å². The Morgan fingerprint density at radius 2 is 2.02 bits per heavy atom. The van der Waals surface area contributed by atoms with Crippen LogP contribution in [-0.4, -0.2) is 95.4 Å². The van der Waals surface area contributed by atoms with E-state index >= 15 is 0 Å². The molecular formula is C31H34N8O3. The van der Waals surface area contributed by atoms with Gasteiger partial charge in [0, 0.05) is 86.2 Å². The van der Waals surface area contributed by atoms with Crippen molar-refractivity contribution in [2.75, 3.05) is 51.4 Å². The van der Waals surface area contributed by atoms with Crippen molar-refractivity contribution in [3.8, 4) is 22.8 Å². The Labute approximate surface area is 244 Å². The number of aromatic nitrogens is 4. The van der Waals surface area contributed by atoms with Crippen molar-refractivity contribution in [1.29, 1.82) is 0 Å². The van der Waals surface area contributed by atoms with Crippen molar-refractivity contribution in [2.24, 2.45) is 4.99 Å². The van der Waals surface area contributed by atoms with Crippen molar-refractivity contribution in [1.82, 2.24) is 29.8 Å². The number of piperidine rings is 1. The second-order valence-electron chi connectivity index (χ2n) is 11.5. The predicted octanol–water partition coefficient (Wildman–Crippen LogP) is 2.56. The lowest BCUT2D eigenvalue weighted by Gasteiger charge is -2.56. The first kappa shape index (κ1) is 25.6. The summed E-state index contributed by atoms with van der Waals surface area (Å²) in [6.07, 6.45) is 9.06. The second-order valence-corrected chi connectivity index (χ2v) is 11.5. The zero-order valence-electron chi connectivity index (χ0n) is 23.6. The minimum Gasteiger partial charge on any atom is -0.489 e. The molecule has 0 radical (unpaired) electrons. The van der Waals surface area contributed by atoms with Crippen LogP contribution in [0.3, 0.4) is 0 Å². The van der Waals surface area contributed by atoms with Crippen LogP contribution in [0.5, 0.6) is 11.6 Å². The van der Waals surface area contributed by atoms with E-state index < -0.39 is 0 Å². The summed E-state index contributed by atoms with van der Waals surface area (Å²) in [5, 5.41) is 8.17. The average Bonchev–Trinajstić information content (AvgIpc) is 3.65. The SMILES string of the molecule is COc1ccc(CN2C3CC2CN(c2ccc(-c4cc(OC[C@@H]5CNCCO5)cn5nc6c(c45)C=NC6)cn2)C3)cn1. The molecule has 42 heavy (non-hydrogen) atoms. The number of nitrogens with zero attached hydrogens (tertiary/aromatic N) is 7. The maximum absolute atomic E-state index is 6.21. The van der Waals surface area contributed by atoms with E-state index in [1.165, 1.54) is 12.0 Å². The molecule has 4 fully saturated rings. The molecule has 5 aliphatic heterocycles. The molecule has 0 aliphatic carbocycles. The Hall–Kier alpha value is -4.06. The standard InChI is InChI=1S/C31H34N8O3/c1-40-30-5-2-20(10-35-30)15-38-22-8-23(38)17-37(16-22)29-4-3-21(11-34-29)26-9-24(42-19-25-12-32-6-7-41-25)18-39-31(26)27-13-33-14-28(27)36-39/h2-5,9-11,13,18,22-23,25,32H,6-8,12,14-17,19H2,1H3/t22?,23?,25-/m0/s1. The van der Waals surface area contributed by atoms with Gasteiger partial charge in [-0.25, -0.2) is 14.5 Å². The monoisotopic (exact) mass is 566 g/mol. The molecule has 11 heteroatoms. The molecule has 4 saturated heterocycles. The van der Waals surface area contributed by atoms with Gasteiger partial charge in [-0.3, -0.25) is 9.89 Å². The third-order valence-corrected chi connectivity index (χ3v) is 8.82. The second kappa shape index (κ2) is 10.6.